The number of anilines is 1. The van der Waals surface area contributed by atoms with Gasteiger partial charge in [0.2, 0.25) is 5.91 Å². The highest BCUT2D eigenvalue weighted by Gasteiger charge is 2.32. The van der Waals surface area contributed by atoms with Crippen molar-refractivity contribution in [1.29, 1.82) is 0 Å². The fraction of sp³-hybridized carbons (Fsp3) is 0.375. The molecule has 3 heterocycles. The number of fused-ring (bicyclic) bond motifs is 1. The van der Waals surface area contributed by atoms with Gasteiger partial charge in [-0.15, -0.1) is 0 Å². The Kier molecular flexibility index (Phi) is 8.94. The zero-order valence-corrected chi connectivity index (χ0v) is 24.1. The molecule has 214 valence electrons. The van der Waals surface area contributed by atoms with Crippen molar-refractivity contribution in [2.24, 2.45) is 0 Å². The van der Waals surface area contributed by atoms with Gasteiger partial charge in [0.25, 0.3) is 5.91 Å². The van der Waals surface area contributed by atoms with Crippen LogP contribution in [0.1, 0.15) is 43.2 Å². The number of aromatic amines is 1. The van der Waals surface area contributed by atoms with Crippen LogP contribution in [0.5, 0.6) is 0 Å². The normalized spacial score (nSPS) is 17.5. The van der Waals surface area contributed by atoms with E-state index >= 15 is 0 Å². The molecule has 9 heteroatoms. The summed E-state index contributed by atoms with van der Waals surface area (Å²) >= 11 is 0. The van der Waals surface area contributed by atoms with Gasteiger partial charge in [-0.05, 0) is 44.9 Å². The van der Waals surface area contributed by atoms with E-state index in [-0.39, 0.29) is 23.9 Å². The number of hydrogen-bond donors (Lipinski definition) is 3. The second-order valence-electron chi connectivity index (χ2n) is 10.9. The van der Waals surface area contributed by atoms with E-state index in [4.69, 9.17) is 9.97 Å². The number of amides is 2. The van der Waals surface area contributed by atoms with Crippen molar-refractivity contribution in [3.63, 3.8) is 0 Å². The van der Waals surface area contributed by atoms with E-state index < -0.39 is 0 Å². The van der Waals surface area contributed by atoms with E-state index in [0.29, 0.717) is 49.2 Å². The summed E-state index contributed by atoms with van der Waals surface area (Å²) in [6.07, 6.45) is 2.15. The second-order valence-corrected chi connectivity index (χ2v) is 10.9. The molecule has 0 radical (unpaired) electrons. The van der Waals surface area contributed by atoms with Crippen LogP contribution in [0.3, 0.4) is 0 Å². The van der Waals surface area contributed by atoms with Crippen molar-refractivity contribution in [3.05, 3.63) is 78.0 Å². The molecule has 5 rings (SSSR count). The molecule has 9 nitrogen and oxygen atoms in total. The molecule has 2 unspecified atom stereocenters. The van der Waals surface area contributed by atoms with Crippen LogP contribution < -0.4 is 10.6 Å². The molecular formula is C32H39N7O2. The van der Waals surface area contributed by atoms with Gasteiger partial charge < -0.3 is 20.5 Å². The van der Waals surface area contributed by atoms with Gasteiger partial charge in [0.1, 0.15) is 17.2 Å². The maximum absolute atomic E-state index is 13.7. The lowest BCUT2D eigenvalue weighted by Crippen LogP contribution is -2.58. The number of carbonyl (C=O) groups excluding carboxylic acids is 2. The highest BCUT2D eigenvalue weighted by Crippen LogP contribution is 2.27. The SMILES string of the molecule is CC(=O)NCCNc1nc(-c2ccccc2)nc2[nH]c(C(=O)N3CC(C)N(CCCc4ccccc4)C(C)C3)cc12. The van der Waals surface area contributed by atoms with Gasteiger partial charge in [-0.1, -0.05) is 60.7 Å². The first-order valence-corrected chi connectivity index (χ1v) is 14.4. The van der Waals surface area contributed by atoms with Gasteiger partial charge >= 0.3 is 0 Å². The average molecular weight is 554 g/mol. The Morgan fingerprint density at radius 2 is 1.63 bits per heavy atom. The molecule has 0 bridgehead atoms. The van der Waals surface area contributed by atoms with Gasteiger partial charge in [0, 0.05) is 50.7 Å². The quantitative estimate of drug-likeness (QED) is 0.252. The molecule has 0 spiro atoms. The minimum atomic E-state index is -0.0844. The lowest BCUT2D eigenvalue weighted by atomic mass is 10.0. The Morgan fingerprint density at radius 3 is 2.32 bits per heavy atom. The molecule has 1 aliphatic rings. The maximum atomic E-state index is 13.7. The molecule has 2 amide bonds. The van der Waals surface area contributed by atoms with Crippen LogP contribution in [0.15, 0.2) is 66.7 Å². The van der Waals surface area contributed by atoms with Crippen molar-refractivity contribution in [2.45, 2.75) is 45.7 Å². The summed E-state index contributed by atoms with van der Waals surface area (Å²) in [7, 11) is 0. The summed E-state index contributed by atoms with van der Waals surface area (Å²) < 4.78 is 0. The first kappa shape index (κ1) is 28.3. The van der Waals surface area contributed by atoms with Gasteiger partial charge in [0.15, 0.2) is 5.82 Å². The Hall–Kier alpha value is -4.24. The largest absolute Gasteiger partial charge is 0.368 e. The van der Waals surface area contributed by atoms with Gasteiger partial charge in [0.05, 0.1) is 5.39 Å². The number of hydrogen-bond acceptors (Lipinski definition) is 6. The lowest BCUT2D eigenvalue weighted by Gasteiger charge is -2.44. The van der Waals surface area contributed by atoms with E-state index in [2.05, 4.69) is 64.7 Å². The smallest absolute Gasteiger partial charge is 0.270 e. The minimum Gasteiger partial charge on any atom is -0.368 e. The number of benzene rings is 2. The molecule has 4 aromatic rings. The van der Waals surface area contributed by atoms with E-state index in [1.807, 2.05) is 41.3 Å². The highest BCUT2D eigenvalue weighted by molar-refractivity contribution is 6.00. The predicted molar refractivity (Wildman–Crippen MR) is 163 cm³/mol. The van der Waals surface area contributed by atoms with Crippen LogP contribution in [-0.2, 0) is 11.2 Å². The molecule has 1 fully saturated rings. The Balaban J connectivity index is 1.31. The Bertz CT molecular complexity index is 1460. The number of aryl methyl sites for hydroxylation is 1. The fourth-order valence-corrected chi connectivity index (χ4v) is 5.64. The van der Waals surface area contributed by atoms with Crippen molar-refractivity contribution >= 4 is 28.7 Å². The number of rotatable bonds is 10. The Morgan fingerprint density at radius 1 is 0.951 bits per heavy atom. The first-order valence-electron chi connectivity index (χ1n) is 14.4. The van der Waals surface area contributed by atoms with Crippen LogP contribution in [0.25, 0.3) is 22.4 Å². The number of carbonyl (C=O) groups is 2. The third-order valence-electron chi connectivity index (χ3n) is 7.65. The molecule has 2 aromatic heterocycles. The molecule has 0 saturated carbocycles. The van der Waals surface area contributed by atoms with Gasteiger partial charge in [-0.25, -0.2) is 9.97 Å². The number of H-pyrrole nitrogens is 1. The van der Waals surface area contributed by atoms with Crippen molar-refractivity contribution < 1.29 is 9.59 Å². The summed E-state index contributed by atoms with van der Waals surface area (Å²) in [5, 5.41) is 6.86. The van der Waals surface area contributed by atoms with Crippen LogP contribution in [0, 0.1) is 0 Å². The molecule has 41 heavy (non-hydrogen) atoms. The first-order chi connectivity index (χ1) is 19.9. The molecule has 3 N–H and O–H groups in total. The summed E-state index contributed by atoms with van der Waals surface area (Å²) in [6.45, 7) is 9.22. The van der Waals surface area contributed by atoms with Gasteiger partial charge in [-0.3, -0.25) is 14.5 Å². The minimum absolute atomic E-state index is 0.0314. The number of piperazine rings is 1. The molecule has 2 aromatic carbocycles. The number of nitrogens with zero attached hydrogens (tertiary/aromatic N) is 4. The van der Waals surface area contributed by atoms with Crippen molar-refractivity contribution in [1.82, 2.24) is 30.1 Å². The molecule has 1 aliphatic heterocycles. The van der Waals surface area contributed by atoms with E-state index in [1.165, 1.54) is 12.5 Å². The van der Waals surface area contributed by atoms with Crippen molar-refractivity contribution in [3.8, 4) is 11.4 Å². The summed E-state index contributed by atoms with van der Waals surface area (Å²) in [4.78, 5) is 42.3. The molecule has 1 saturated heterocycles. The number of aromatic nitrogens is 3. The average Bonchev–Trinajstić information content (AvgIpc) is 3.41. The Labute approximate surface area is 241 Å². The molecular weight excluding hydrogens is 514 g/mol. The van der Waals surface area contributed by atoms with Crippen LogP contribution in [0.4, 0.5) is 5.82 Å². The third kappa shape index (κ3) is 6.92. The van der Waals surface area contributed by atoms with E-state index in [9.17, 15) is 9.59 Å². The molecule has 2 atom stereocenters. The van der Waals surface area contributed by atoms with E-state index in [0.717, 1.165) is 30.3 Å². The monoisotopic (exact) mass is 553 g/mol. The maximum Gasteiger partial charge on any atom is 0.270 e. The van der Waals surface area contributed by atoms with E-state index in [1.54, 1.807) is 0 Å². The summed E-state index contributed by atoms with van der Waals surface area (Å²) in [5.74, 6) is 1.07. The fourth-order valence-electron chi connectivity index (χ4n) is 5.64. The number of nitrogens with one attached hydrogen (secondary N) is 3. The summed E-state index contributed by atoms with van der Waals surface area (Å²) in [5.41, 5.74) is 3.35. The molecule has 0 aliphatic carbocycles. The lowest BCUT2D eigenvalue weighted by molar-refractivity contribution is -0.118. The van der Waals surface area contributed by atoms with Crippen molar-refractivity contribution in [2.75, 3.05) is 38.0 Å². The predicted octanol–water partition coefficient (Wildman–Crippen LogP) is 4.34. The zero-order valence-electron chi connectivity index (χ0n) is 24.1. The van der Waals surface area contributed by atoms with Crippen LogP contribution in [-0.4, -0.2) is 81.4 Å². The highest BCUT2D eigenvalue weighted by atomic mass is 16.2. The van der Waals surface area contributed by atoms with Gasteiger partial charge in [-0.2, -0.15) is 0 Å². The van der Waals surface area contributed by atoms with Crippen LogP contribution in [0.2, 0.25) is 0 Å². The second kappa shape index (κ2) is 13.0. The van der Waals surface area contributed by atoms with Crippen LogP contribution >= 0.6 is 0 Å². The zero-order chi connectivity index (χ0) is 28.8. The topological polar surface area (TPSA) is 106 Å². The third-order valence-corrected chi connectivity index (χ3v) is 7.65. The standard InChI is InChI=1S/C32H39N7O2/c1-22-20-38(21-23(2)39(22)18-10-13-25-11-6-4-7-12-25)32(41)28-19-27-30(34-17-16-33-24(3)40)36-29(37-31(27)35-28)26-14-8-5-9-15-26/h4-9,11-12,14-15,19,22-23H,10,13,16-18,20-21H2,1-3H3,(H,33,40)(H2,34,35,36,37). The summed E-state index contributed by atoms with van der Waals surface area (Å²) in [6, 6.07) is 22.7.